The summed E-state index contributed by atoms with van der Waals surface area (Å²) in [6.45, 7) is 2.51. The van der Waals surface area contributed by atoms with Crippen molar-refractivity contribution in [3.8, 4) is 10.4 Å². The van der Waals surface area contributed by atoms with Gasteiger partial charge >= 0.3 is 0 Å². The lowest BCUT2D eigenvalue weighted by atomic mass is 9.91. The van der Waals surface area contributed by atoms with Crippen LogP contribution >= 0.6 is 22.7 Å². The van der Waals surface area contributed by atoms with Gasteiger partial charge in [-0.2, -0.15) is 0 Å². The highest BCUT2D eigenvalue weighted by Gasteiger charge is 2.24. The summed E-state index contributed by atoms with van der Waals surface area (Å²) in [4.78, 5) is 32.5. The number of carbonyl (C=O) groups excluding carboxylic acids is 1. The lowest BCUT2D eigenvalue weighted by molar-refractivity contribution is 0.0996. The second-order valence-electron chi connectivity index (χ2n) is 9.83. The normalized spacial score (nSPS) is 19.8. The molecular weight excluding hydrogens is 536 g/mol. The summed E-state index contributed by atoms with van der Waals surface area (Å²) in [5, 5.41) is 10.7. The molecule has 10 nitrogen and oxygen atoms in total. The van der Waals surface area contributed by atoms with E-state index in [4.69, 9.17) is 20.6 Å². The van der Waals surface area contributed by atoms with Crippen LogP contribution in [-0.2, 0) is 4.74 Å². The second kappa shape index (κ2) is 11.0. The number of primary amides is 1. The zero-order valence-corrected chi connectivity index (χ0v) is 22.9. The molecule has 1 saturated carbocycles. The van der Waals surface area contributed by atoms with Gasteiger partial charge in [-0.05, 0) is 30.4 Å². The maximum atomic E-state index is 12.9. The third kappa shape index (κ3) is 5.24. The van der Waals surface area contributed by atoms with Crippen molar-refractivity contribution < 1.29 is 13.9 Å². The van der Waals surface area contributed by atoms with Gasteiger partial charge in [0.05, 0.1) is 41.3 Å². The molecule has 1 aliphatic carbocycles. The van der Waals surface area contributed by atoms with Gasteiger partial charge in [0.25, 0.3) is 5.91 Å². The molecule has 6 N–H and O–H groups in total. The summed E-state index contributed by atoms with van der Waals surface area (Å²) in [7, 11) is 0. The number of pyridine rings is 1. The molecule has 1 aliphatic heterocycles. The lowest BCUT2D eigenvalue weighted by Gasteiger charge is -2.30. The summed E-state index contributed by atoms with van der Waals surface area (Å²) < 4.78 is 12.3. The third-order valence-electron chi connectivity index (χ3n) is 7.22. The van der Waals surface area contributed by atoms with E-state index in [9.17, 15) is 9.59 Å². The Hall–Kier alpha value is -3.45. The van der Waals surface area contributed by atoms with Crippen LogP contribution in [0, 0.1) is 0 Å². The molecule has 4 aromatic rings. The largest absolute Gasteiger partial charge is 0.439 e. The molecule has 6 rings (SSSR count). The first kappa shape index (κ1) is 25.8. The molecule has 5 heterocycles. The van der Waals surface area contributed by atoms with Crippen LogP contribution in [0.15, 0.2) is 44.4 Å². The van der Waals surface area contributed by atoms with Crippen molar-refractivity contribution in [1.82, 2.24) is 4.98 Å². The van der Waals surface area contributed by atoms with Crippen LogP contribution in [0.25, 0.3) is 20.7 Å². The fraction of sp³-hybridized carbons (Fsp3) is 0.370. The molecule has 4 aromatic heterocycles. The van der Waals surface area contributed by atoms with E-state index in [1.165, 1.54) is 22.7 Å². The number of morpholine rings is 1. The molecule has 0 aromatic carbocycles. The Morgan fingerprint density at radius 1 is 1.13 bits per heavy atom. The smallest absolute Gasteiger partial charge is 0.269 e. The SMILES string of the molecule is NC(=O)c1ncc(N[C@@H]2CCCC[C@H]2N)cc1Nc1ccsc1-c1csc2c(=O)cc(N3CCOCC3)oc12. The summed E-state index contributed by atoms with van der Waals surface area (Å²) in [5.41, 5.74) is 15.5. The van der Waals surface area contributed by atoms with E-state index in [1.807, 2.05) is 27.8 Å². The van der Waals surface area contributed by atoms with Gasteiger partial charge in [0.1, 0.15) is 4.70 Å². The van der Waals surface area contributed by atoms with Crippen molar-refractivity contribution in [2.24, 2.45) is 11.5 Å². The monoisotopic (exact) mass is 566 g/mol. The summed E-state index contributed by atoms with van der Waals surface area (Å²) in [6.07, 6.45) is 5.84. The van der Waals surface area contributed by atoms with Gasteiger partial charge in [0.2, 0.25) is 5.43 Å². The Bertz CT molecular complexity index is 1560. The average Bonchev–Trinajstić information content (AvgIpc) is 3.57. The highest BCUT2D eigenvalue weighted by Crippen LogP contribution is 2.42. The van der Waals surface area contributed by atoms with E-state index in [0.29, 0.717) is 48.2 Å². The number of nitrogens with zero attached hydrogens (tertiary/aromatic N) is 2. The Kier molecular flexibility index (Phi) is 7.26. The maximum Gasteiger partial charge on any atom is 0.269 e. The molecule has 0 spiro atoms. The first-order valence-corrected chi connectivity index (χ1v) is 14.8. The summed E-state index contributed by atoms with van der Waals surface area (Å²) in [5.74, 6) is -0.0845. The number of ether oxygens (including phenoxy) is 1. The Balaban J connectivity index is 1.34. The zero-order chi connectivity index (χ0) is 26.9. The minimum absolute atomic E-state index is 0.0679. The number of carbonyl (C=O) groups is 1. The number of thiophene rings is 2. The maximum absolute atomic E-state index is 12.9. The van der Waals surface area contributed by atoms with Gasteiger partial charge in [-0.15, -0.1) is 22.7 Å². The predicted octanol–water partition coefficient (Wildman–Crippen LogP) is 4.34. The summed E-state index contributed by atoms with van der Waals surface area (Å²) >= 11 is 2.88. The van der Waals surface area contributed by atoms with E-state index >= 15 is 0 Å². The number of nitrogens with one attached hydrogen (secondary N) is 2. The van der Waals surface area contributed by atoms with Gasteiger partial charge in [0, 0.05) is 42.2 Å². The number of hydrogen-bond acceptors (Lipinski definition) is 11. The molecule has 39 heavy (non-hydrogen) atoms. The van der Waals surface area contributed by atoms with Crippen molar-refractivity contribution >= 4 is 61.8 Å². The van der Waals surface area contributed by atoms with E-state index < -0.39 is 5.91 Å². The first-order chi connectivity index (χ1) is 19.0. The number of fused-ring (bicyclic) bond motifs is 1. The van der Waals surface area contributed by atoms with Crippen LogP contribution < -0.4 is 32.4 Å². The van der Waals surface area contributed by atoms with Crippen LogP contribution in [0.1, 0.15) is 36.2 Å². The lowest BCUT2D eigenvalue weighted by Crippen LogP contribution is -2.42. The Morgan fingerprint density at radius 2 is 1.95 bits per heavy atom. The molecule has 1 amide bonds. The number of nitrogens with two attached hydrogens (primary N) is 2. The highest BCUT2D eigenvalue weighted by atomic mass is 32.1. The second-order valence-corrected chi connectivity index (χ2v) is 11.6. The van der Waals surface area contributed by atoms with Crippen molar-refractivity contribution in [2.75, 3.05) is 41.8 Å². The van der Waals surface area contributed by atoms with Crippen LogP contribution in [-0.4, -0.2) is 49.3 Å². The molecule has 2 fully saturated rings. The van der Waals surface area contributed by atoms with Gasteiger partial charge in [-0.1, -0.05) is 12.8 Å². The number of hydrogen-bond donors (Lipinski definition) is 4. The molecule has 0 unspecified atom stereocenters. The first-order valence-electron chi connectivity index (χ1n) is 13.0. The third-order valence-corrected chi connectivity index (χ3v) is 9.15. The number of anilines is 4. The molecule has 204 valence electrons. The van der Waals surface area contributed by atoms with Gasteiger partial charge in [-0.3, -0.25) is 9.59 Å². The van der Waals surface area contributed by atoms with Crippen LogP contribution in [0.2, 0.25) is 0 Å². The highest BCUT2D eigenvalue weighted by molar-refractivity contribution is 7.19. The quantitative estimate of drug-likeness (QED) is 0.256. The van der Waals surface area contributed by atoms with Crippen LogP contribution in [0.5, 0.6) is 0 Å². The van der Waals surface area contributed by atoms with Crippen LogP contribution in [0.4, 0.5) is 22.9 Å². The van der Waals surface area contributed by atoms with E-state index in [0.717, 1.165) is 47.5 Å². The molecule has 12 heteroatoms. The average molecular weight is 567 g/mol. The van der Waals surface area contributed by atoms with Gasteiger partial charge in [-0.25, -0.2) is 4.98 Å². The van der Waals surface area contributed by atoms with Crippen molar-refractivity contribution in [3.63, 3.8) is 0 Å². The summed E-state index contributed by atoms with van der Waals surface area (Å²) in [6, 6.07) is 5.54. The fourth-order valence-electron chi connectivity index (χ4n) is 5.18. The fourth-order valence-corrected chi connectivity index (χ4v) is 7.01. The van der Waals surface area contributed by atoms with E-state index in [2.05, 4.69) is 15.6 Å². The molecule has 0 radical (unpaired) electrons. The molecule has 2 atom stereocenters. The number of aromatic nitrogens is 1. The molecular formula is C27H30N6O4S2. The van der Waals surface area contributed by atoms with Crippen molar-refractivity contribution in [2.45, 2.75) is 37.8 Å². The Morgan fingerprint density at radius 3 is 2.74 bits per heavy atom. The topological polar surface area (TPSA) is 149 Å². The van der Waals surface area contributed by atoms with Crippen molar-refractivity contribution in [1.29, 1.82) is 0 Å². The number of rotatable bonds is 7. The van der Waals surface area contributed by atoms with Gasteiger partial charge in [0.15, 0.2) is 17.2 Å². The van der Waals surface area contributed by atoms with Crippen LogP contribution in [0.3, 0.4) is 0 Å². The van der Waals surface area contributed by atoms with Gasteiger partial charge < -0.3 is 36.2 Å². The molecule has 2 aliphatic rings. The minimum Gasteiger partial charge on any atom is -0.439 e. The standard InChI is InChI=1S/C27H30N6O4S2/c28-17-3-1-2-4-18(17)31-15-11-20(23(27(29)35)30-13-15)32-19-5-10-38-25(19)16-14-39-26-21(34)12-22(37-24(16)26)33-6-8-36-9-7-33/h5,10-14,17-18,31-32H,1-4,6-9,28H2,(H2,29,35)/t17-,18-/m1/s1. The number of amides is 1. The zero-order valence-electron chi connectivity index (χ0n) is 21.3. The Labute approximate surface area is 233 Å². The van der Waals surface area contributed by atoms with E-state index in [1.54, 1.807) is 12.3 Å². The molecule has 0 bridgehead atoms. The van der Waals surface area contributed by atoms with E-state index in [-0.39, 0.29) is 23.2 Å². The predicted molar refractivity (Wildman–Crippen MR) is 157 cm³/mol. The molecule has 1 saturated heterocycles. The minimum atomic E-state index is -0.627. The van der Waals surface area contributed by atoms with Crippen molar-refractivity contribution in [3.05, 3.63) is 51.1 Å².